The Morgan fingerprint density at radius 1 is 1.00 bits per heavy atom. The van der Waals surface area contributed by atoms with Crippen LogP contribution in [0.25, 0.3) is 5.65 Å². The lowest BCUT2D eigenvalue weighted by molar-refractivity contribution is 0.102. The van der Waals surface area contributed by atoms with E-state index in [1.807, 2.05) is 53.1 Å². The second-order valence-electron chi connectivity index (χ2n) is 5.88. The summed E-state index contributed by atoms with van der Waals surface area (Å²) in [5.41, 5.74) is 2.78. The van der Waals surface area contributed by atoms with Crippen molar-refractivity contribution in [3.8, 4) is 0 Å². The number of hydrogen-bond acceptors (Lipinski definition) is 3. The molecule has 5 nitrogen and oxygen atoms in total. The van der Waals surface area contributed by atoms with Crippen LogP contribution in [0, 0.1) is 5.82 Å². The van der Waals surface area contributed by atoms with Gasteiger partial charge in [-0.2, -0.15) is 0 Å². The minimum Gasteiger partial charge on any atom is -0.322 e. The van der Waals surface area contributed by atoms with Crippen molar-refractivity contribution < 1.29 is 9.18 Å². The Morgan fingerprint density at radius 3 is 2.65 bits per heavy atom. The first-order chi connectivity index (χ1) is 12.7. The average Bonchev–Trinajstić information content (AvgIpc) is 3.06. The molecular weight excluding hydrogens is 331 g/mol. The highest BCUT2D eigenvalue weighted by atomic mass is 19.1. The zero-order chi connectivity index (χ0) is 17.9. The molecule has 2 aromatic carbocycles. The molecule has 0 aliphatic rings. The third kappa shape index (κ3) is 3.30. The lowest BCUT2D eigenvalue weighted by atomic mass is 10.1. The number of amides is 1. The standard InChI is InChI=1S/C20H15FN4O/c21-16-5-3-4-15(13-16)20(26)22-17-9-7-14(8-10-17)12-19-24-23-18-6-1-2-11-25(18)19/h1-11,13H,12H2,(H,22,26). The number of hydrogen-bond donors (Lipinski definition) is 1. The number of carbonyl (C=O) groups is 1. The molecule has 0 aliphatic heterocycles. The molecule has 0 spiro atoms. The van der Waals surface area contributed by atoms with Crippen LogP contribution in [0.4, 0.5) is 10.1 Å². The molecule has 26 heavy (non-hydrogen) atoms. The number of anilines is 1. The van der Waals surface area contributed by atoms with Crippen molar-refractivity contribution in [3.05, 3.63) is 95.7 Å². The molecule has 4 aromatic rings. The number of nitrogens with zero attached hydrogens (tertiary/aromatic N) is 3. The number of halogens is 1. The SMILES string of the molecule is O=C(Nc1ccc(Cc2nnc3ccccn23)cc1)c1cccc(F)c1. The van der Waals surface area contributed by atoms with E-state index in [1.165, 1.54) is 18.2 Å². The van der Waals surface area contributed by atoms with Crippen LogP contribution in [0.1, 0.15) is 21.7 Å². The molecular formula is C20H15FN4O. The van der Waals surface area contributed by atoms with E-state index in [9.17, 15) is 9.18 Å². The maximum absolute atomic E-state index is 13.2. The van der Waals surface area contributed by atoms with Crippen molar-refractivity contribution in [3.63, 3.8) is 0 Å². The fourth-order valence-corrected chi connectivity index (χ4v) is 2.73. The van der Waals surface area contributed by atoms with E-state index in [0.29, 0.717) is 12.1 Å². The summed E-state index contributed by atoms with van der Waals surface area (Å²) in [5, 5.41) is 11.1. The Balaban J connectivity index is 1.47. The molecule has 2 heterocycles. The monoisotopic (exact) mass is 346 g/mol. The van der Waals surface area contributed by atoms with Crippen molar-refractivity contribution in [2.75, 3.05) is 5.32 Å². The number of nitrogens with one attached hydrogen (secondary N) is 1. The largest absolute Gasteiger partial charge is 0.322 e. The van der Waals surface area contributed by atoms with Gasteiger partial charge in [-0.15, -0.1) is 10.2 Å². The van der Waals surface area contributed by atoms with Crippen LogP contribution < -0.4 is 5.32 Å². The maximum Gasteiger partial charge on any atom is 0.255 e. The van der Waals surface area contributed by atoms with Gasteiger partial charge in [0.15, 0.2) is 5.65 Å². The summed E-state index contributed by atoms with van der Waals surface area (Å²) in [6.07, 6.45) is 2.56. The number of carbonyl (C=O) groups excluding carboxylic acids is 1. The van der Waals surface area contributed by atoms with Gasteiger partial charge >= 0.3 is 0 Å². The summed E-state index contributed by atoms with van der Waals surface area (Å²) < 4.78 is 15.2. The maximum atomic E-state index is 13.2. The minimum atomic E-state index is -0.437. The Kier molecular flexibility index (Phi) is 4.15. The summed E-state index contributed by atoms with van der Waals surface area (Å²) in [6, 6.07) is 18.8. The van der Waals surface area contributed by atoms with Crippen molar-refractivity contribution in [2.45, 2.75) is 6.42 Å². The van der Waals surface area contributed by atoms with Gasteiger partial charge in [0.1, 0.15) is 11.6 Å². The minimum absolute atomic E-state index is 0.281. The molecule has 0 saturated carbocycles. The van der Waals surface area contributed by atoms with Gasteiger partial charge in [-0.05, 0) is 48.0 Å². The number of rotatable bonds is 4. The molecule has 0 aliphatic carbocycles. The molecule has 0 atom stereocenters. The number of benzene rings is 2. The molecule has 0 fully saturated rings. The van der Waals surface area contributed by atoms with Crippen LogP contribution in [-0.4, -0.2) is 20.5 Å². The normalized spacial score (nSPS) is 10.8. The van der Waals surface area contributed by atoms with Gasteiger partial charge in [0.2, 0.25) is 0 Å². The molecule has 0 saturated heterocycles. The second kappa shape index (κ2) is 6.76. The summed E-state index contributed by atoms with van der Waals surface area (Å²) in [6.45, 7) is 0. The lowest BCUT2D eigenvalue weighted by Crippen LogP contribution is -2.12. The molecule has 1 amide bonds. The molecule has 6 heteroatoms. The third-order valence-corrected chi connectivity index (χ3v) is 4.05. The summed E-state index contributed by atoms with van der Waals surface area (Å²) in [5.74, 6) is 0.0615. The highest BCUT2D eigenvalue weighted by Gasteiger charge is 2.08. The zero-order valence-corrected chi connectivity index (χ0v) is 13.8. The second-order valence-corrected chi connectivity index (χ2v) is 5.88. The summed E-state index contributed by atoms with van der Waals surface area (Å²) in [7, 11) is 0. The fraction of sp³-hybridized carbons (Fsp3) is 0.0500. The Bertz CT molecular complexity index is 1070. The molecule has 2 aromatic heterocycles. The van der Waals surface area contributed by atoms with Gasteiger partial charge in [-0.1, -0.05) is 24.3 Å². The van der Waals surface area contributed by atoms with Gasteiger partial charge in [-0.25, -0.2) is 4.39 Å². The van der Waals surface area contributed by atoms with Gasteiger partial charge in [-0.3, -0.25) is 9.20 Å². The van der Waals surface area contributed by atoms with Crippen molar-refractivity contribution in [2.24, 2.45) is 0 Å². The van der Waals surface area contributed by atoms with Crippen molar-refractivity contribution in [1.82, 2.24) is 14.6 Å². The zero-order valence-electron chi connectivity index (χ0n) is 13.8. The van der Waals surface area contributed by atoms with Crippen LogP contribution >= 0.6 is 0 Å². The highest BCUT2D eigenvalue weighted by molar-refractivity contribution is 6.04. The van der Waals surface area contributed by atoms with E-state index in [4.69, 9.17) is 0 Å². The molecule has 0 bridgehead atoms. The molecule has 0 unspecified atom stereocenters. The van der Waals surface area contributed by atoms with Gasteiger partial charge in [0.05, 0.1) is 0 Å². The summed E-state index contributed by atoms with van der Waals surface area (Å²) >= 11 is 0. The van der Waals surface area contributed by atoms with Crippen LogP contribution in [0.15, 0.2) is 72.9 Å². The Morgan fingerprint density at radius 2 is 1.85 bits per heavy atom. The summed E-state index contributed by atoms with van der Waals surface area (Å²) in [4.78, 5) is 12.2. The first-order valence-electron chi connectivity index (χ1n) is 8.13. The van der Waals surface area contributed by atoms with E-state index in [1.54, 1.807) is 6.07 Å². The highest BCUT2D eigenvalue weighted by Crippen LogP contribution is 2.15. The van der Waals surface area contributed by atoms with Crippen LogP contribution in [0.3, 0.4) is 0 Å². The van der Waals surface area contributed by atoms with E-state index < -0.39 is 5.82 Å². The first-order valence-corrected chi connectivity index (χ1v) is 8.13. The Hall–Kier alpha value is -3.54. The molecule has 1 N–H and O–H groups in total. The lowest BCUT2D eigenvalue weighted by Gasteiger charge is -2.07. The van der Waals surface area contributed by atoms with Gasteiger partial charge in [0, 0.05) is 23.9 Å². The first kappa shape index (κ1) is 16.0. The van der Waals surface area contributed by atoms with E-state index in [2.05, 4.69) is 15.5 Å². The number of fused-ring (bicyclic) bond motifs is 1. The quantitative estimate of drug-likeness (QED) is 0.613. The predicted octanol–water partition coefficient (Wildman–Crippen LogP) is 3.71. The Labute approximate surface area is 149 Å². The topological polar surface area (TPSA) is 59.3 Å². The van der Waals surface area contributed by atoms with E-state index >= 15 is 0 Å². The molecule has 128 valence electrons. The van der Waals surface area contributed by atoms with Crippen LogP contribution in [-0.2, 0) is 6.42 Å². The smallest absolute Gasteiger partial charge is 0.255 e. The predicted molar refractivity (Wildman–Crippen MR) is 96.6 cm³/mol. The molecule has 0 radical (unpaired) electrons. The van der Waals surface area contributed by atoms with Crippen LogP contribution in [0.5, 0.6) is 0 Å². The average molecular weight is 346 g/mol. The van der Waals surface area contributed by atoms with Gasteiger partial charge < -0.3 is 5.32 Å². The van der Waals surface area contributed by atoms with E-state index in [-0.39, 0.29) is 11.5 Å². The van der Waals surface area contributed by atoms with Crippen molar-refractivity contribution in [1.29, 1.82) is 0 Å². The van der Waals surface area contributed by atoms with Gasteiger partial charge in [0.25, 0.3) is 5.91 Å². The fourth-order valence-electron chi connectivity index (χ4n) is 2.73. The third-order valence-electron chi connectivity index (χ3n) is 4.05. The molecule has 4 rings (SSSR count). The van der Waals surface area contributed by atoms with Crippen LogP contribution in [0.2, 0.25) is 0 Å². The number of pyridine rings is 1. The van der Waals surface area contributed by atoms with Crippen molar-refractivity contribution >= 4 is 17.2 Å². The number of aromatic nitrogens is 3. The van der Waals surface area contributed by atoms with E-state index in [0.717, 1.165) is 17.0 Å².